The summed E-state index contributed by atoms with van der Waals surface area (Å²) in [4.78, 5) is 13.9. The number of nitrogens with zero attached hydrogens (tertiary/aromatic N) is 3. The molecule has 4 rings (SSSR count). The summed E-state index contributed by atoms with van der Waals surface area (Å²) < 4.78 is 1.93. The first-order valence-corrected chi connectivity index (χ1v) is 11.5. The van der Waals surface area contributed by atoms with Crippen molar-refractivity contribution >= 4 is 29.0 Å². The van der Waals surface area contributed by atoms with Crippen molar-refractivity contribution in [3.8, 4) is 5.69 Å². The number of benzene rings is 2. The molecule has 5 nitrogen and oxygen atoms in total. The van der Waals surface area contributed by atoms with Gasteiger partial charge in [-0.2, -0.15) is 0 Å². The fraction of sp³-hybridized carbons (Fsp3) is 0.174. The van der Waals surface area contributed by atoms with Crippen LogP contribution in [-0.4, -0.2) is 26.4 Å². The van der Waals surface area contributed by atoms with Gasteiger partial charge in [0.05, 0.1) is 17.5 Å². The number of carbonyl (C=O) groups is 1. The standard InChI is InChI=1S/C23H22N4OS2/c1-16-10-11-19(17(2)13-16)27-15-24-26-23(27)30-14-21(28)25-22(20-9-6-12-29-20)18-7-4-3-5-8-18/h3-13,15,22H,14H2,1-2H3,(H,25,28)/t22-/m0/s1. The van der Waals surface area contributed by atoms with Gasteiger partial charge >= 0.3 is 0 Å². The second-order valence-electron chi connectivity index (χ2n) is 6.99. The van der Waals surface area contributed by atoms with Crippen LogP contribution in [-0.2, 0) is 4.79 Å². The van der Waals surface area contributed by atoms with Crippen molar-refractivity contribution in [2.75, 3.05) is 5.75 Å². The monoisotopic (exact) mass is 434 g/mol. The summed E-state index contributed by atoms with van der Waals surface area (Å²) >= 11 is 3.02. The first-order valence-electron chi connectivity index (χ1n) is 9.60. The smallest absolute Gasteiger partial charge is 0.231 e. The molecule has 2 aromatic heterocycles. The van der Waals surface area contributed by atoms with Gasteiger partial charge in [0.25, 0.3) is 0 Å². The Kier molecular flexibility index (Phi) is 6.30. The molecule has 2 heterocycles. The molecule has 1 amide bonds. The third kappa shape index (κ3) is 4.63. The molecule has 0 aliphatic rings. The Balaban J connectivity index is 1.47. The van der Waals surface area contributed by atoms with Crippen molar-refractivity contribution in [3.05, 3.63) is 93.9 Å². The highest BCUT2D eigenvalue weighted by Crippen LogP contribution is 2.27. The van der Waals surface area contributed by atoms with Crippen LogP contribution in [0.15, 0.2) is 77.5 Å². The molecule has 0 fully saturated rings. The topological polar surface area (TPSA) is 59.8 Å². The number of amides is 1. The van der Waals surface area contributed by atoms with Crippen molar-refractivity contribution in [3.63, 3.8) is 0 Å². The van der Waals surface area contributed by atoms with Gasteiger partial charge < -0.3 is 5.32 Å². The summed E-state index contributed by atoms with van der Waals surface area (Å²) in [6, 6.07) is 20.2. The molecule has 0 saturated heterocycles. The van der Waals surface area contributed by atoms with E-state index in [0.29, 0.717) is 5.16 Å². The molecule has 30 heavy (non-hydrogen) atoms. The van der Waals surface area contributed by atoms with Gasteiger partial charge in [-0.15, -0.1) is 21.5 Å². The maximum Gasteiger partial charge on any atom is 0.231 e. The van der Waals surface area contributed by atoms with E-state index in [-0.39, 0.29) is 17.7 Å². The van der Waals surface area contributed by atoms with Gasteiger partial charge in [-0.25, -0.2) is 0 Å². The summed E-state index contributed by atoms with van der Waals surface area (Å²) in [6.07, 6.45) is 1.69. The van der Waals surface area contributed by atoms with Crippen LogP contribution in [0, 0.1) is 13.8 Å². The Hall–Kier alpha value is -2.90. The van der Waals surface area contributed by atoms with E-state index < -0.39 is 0 Å². The molecule has 0 aliphatic carbocycles. The Morgan fingerprint density at radius 1 is 1.13 bits per heavy atom. The highest BCUT2D eigenvalue weighted by Gasteiger charge is 2.19. The van der Waals surface area contributed by atoms with Gasteiger partial charge in [0, 0.05) is 4.88 Å². The van der Waals surface area contributed by atoms with Crippen LogP contribution in [0.4, 0.5) is 0 Å². The Morgan fingerprint density at radius 3 is 2.70 bits per heavy atom. The Morgan fingerprint density at radius 2 is 1.97 bits per heavy atom. The Bertz CT molecular complexity index is 1120. The maximum absolute atomic E-state index is 12.8. The minimum absolute atomic E-state index is 0.0440. The molecule has 0 saturated carbocycles. The SMILES string of the molecule is Cc1ccc(-n2cnnc2SCC(=O)N[C@@H](c2ccccc2)c2cccs2)c(C)c1. The summed E-state index contributed by atoms with van der Waals surface area (Å²) in [5.74, 6) is 0.218. The minimum atomic E-state index is -0.156. The van der Waals surface area contributed by atoms with Gasteiger partial charge in [-0.05, 0) is 42.5 Å². The zero-order chi connectivity index (χ0) is 20.9. The van der Waals surface area contributed by atoms with E-state index in [0.717, 1.165) is 21.7 Å². The lowest BCUT2D eigenvalue weighted by molar-refractivity contribution is -0.119. The predicted octanol–water partition coefficient (Wildman–Crippen LogP) is 4.94. The molecular formula is C23H22N4OS2. The number of carbonyl (C=O) groups excluding carboxylic acids is 1. The average molecular weight is 435 g/mol. The lowest BCUT2D eigenvalue weighted by atomic mass is 10.1. The highest BCUT2D eigenvalue weighted by molar-refractivity contribution is 7.99. The van der Waals surface area contributed by atoms with Gasteiger partial charge in [-0.1, -0.05) is 65.9 Å². The molecular weight excluding hydrogens is 412 g/mol. The number of thiophene rings is 1. The number of nitrogens with one attached hydrogen (secondary N) is 1. The van der Waals surface area contributed by atoms with E-state index in [1.165, 1.54) is 17.3 Å². The molecule has 7 heteroatoms. The van der Waals surface area contributed by atoms with E-state index in [9.17, 15) is 4.79 Å². The van der Waals surface area contributed by atoms with E-state index in [1.54, 1.807) is 17.7 Å². The van der Waals surface area contributed by atoms with Crippen molar-refractivity contribution in [1.29, 1.82) is 0 Å². The number of aromatic nitrogens is 3. The zero-order valence-electron chi connectivity index (χ0n) is 16.8. The average Bonchev–Trinajstić information content (AvgIpc) is 3.43. The second kappa shape index (κ2) is 9.28. The minimum Gasteiger partial charge on any atom is -0.344 e. The van der Waals surface area contributed by atoms with E-state index in [2.05, 4.69) is 47.6 Å². The molecule has 152 valence electrons. The number of thioether (sulfide) groups is 1. The molecule has 4 aromatic rings. The quantitative estimate of drug-likeness (QED) is 0.419. The molecule has 2 aromatic carbocycles. The summed E-state index contributed by atoms with van der Waals surface area (Å²) in [6.45, 7) is 4.13. The number of aryl methyl sites for hydroxylation is 2. The Labute approximate surface area is 184 Å². The van der Waals surface area contributed by atoms with Gasteiger partial charge in [0.1, 0.15) is 6.33 Å². The van der Waals surface area contributed by atoms with Crippen LogP contribution in [0.25, 0.3) is 5.69 Å². The number of hydrogen-bond donors (Lipinski definition) is 1. The molecule has 0 bridgehead atoms. The largest absolute Gasteiger partial charge is 0.344 e. The summed E-state index contributed by atoms with van der Waals surface area (Å²) in [5.41, 5.74) is 4.44. The van der Waals surface area contributed by atoms with Crippen LogP contribution < -0.4 is 5.32 Å². The van der Waals surface area contributed by atoms with E-state index in [4.69, 9.17) is 0 Å². The lowest BCUT2D eigenvalue weighted by Gasteiger charge is -2.18. The van der Waals surface area contributed by atoms with Crippen molar-refractivity contribution in [2.24, 2.45) is 0 Å². The van der Waals surface area contributed by atoms with Gasteiger partial charge in [0.15, 0.2) is 5.16 Å². The summed E-state index contributed by atoms with van der Waals surface area (Å²) in [7, 11) is 0. The normalized spacial score (nSPS) is 11.9. The molecule has 0 unspecified atom stereocenters. The van der Waals surface area contributed by atoms with E-state index in [1.807, 2.05) is 52.4 Å². The predicted molar refractivity (Wildman–Crippen MR) is 122 cm³/mol. The van der Waals surface area contributed by atoms with Crippen molar-refractivity contribution < 1.29 is 4.79 Å². The van der Waals surface area contributed by atoms with Crippen LogP contribution in [0.2, 0.25) is 0 Å². The molecule has 1 atom stereocenters. The fourth-order valence-electron chi connectivity index (χ4n) is 3.32. The fourth-order valence-corrected chi connectivity index (χ4v) is 4.85. The molecule has 0 aliphatic heterocycles. The second-order valence-corrected chi connectivity index (χ2v) is 8.91. The molecule has 1 N–H and O–H groups in total. The van der Waals surface area contributed by atoms with Gasteiger partial charge in [0.2, 0.25) is 5.91 Å². The van der Waals surface area contributed by atoms with Crippen LogP contribution in [0.1, 0.15) is 27.6 Å². The molecule has 0 spiro atoms. The zero-order valence-corrected chi connectivity index (χ0v) is 18.4. The van der Waals surface area contributed by atoms with Crippen molar-refractivity contribution in [2.45, 2.75) is 25.0 Å². The molecule has 0 radical (unpaired) electrons. The first-order chi connectivity index (χ1) is 14.6. The number of rotatable bonds is 7. The van der Waals surface area contributed by atoms with Crippen LogP contribution >= 0.6 is 23.1 Å². The van der Waals surface area contributed by atoms with Gasteiger partial charge in [-0.3, -0.25) is 9.36 Å². The first kappa shape index (κ1) is 20.4. The lowest BCUT2D eigenvalue weighted by Crippen LogP contribution is -2.30. The van der Waals surface area contributed by atoms with Crippen LogP contribution in [0.5, 0.6) is 0 Å². The highest BCUT2D eigenvalue weighted by atomic mass is 32.2. The number of hydrogen-bond acceptors (Lipinski definition) is 5. The van der Waals surface area contributed by atoms with E-state index >= 15 is 0 Å². The summed E-state index contributed by atoms with van der Waals surface area (Å²) in [5, 5.41) is 14.2. The third-order valence-corrected chi connectivity index (χ3v) is 6.61. The third-order valence-electron chi connectivity index (χ3n) is 4.73. The van der Waals surface area contributed by atoms with Crippen molar-refractivity contribution in [1.82, 2.24) is 20.1 Å². The van der Waals surface area contributed by atoms with Crippen LogP contribution in [0.3, 0.4) is 0 Å². The maximum atomic E-state index is 12.8.